The number of sulfonamides is 1. The van der Waals surface area contributed by atoms with Gasteiger partial charge in [0, 0.05) is 29.1 Å². The third-order valence-corrected chi connectivity index (χ3v) is 7.20. The van der Waals surface area contributed by atoms with Crippen molar-refractivity contribution in [3.63, 3.8) is 0 Å². The molecular weight excluding hydrogens is 430 g/mol. The topological polar surface area (TPSA) is 79.4 Å². The van der Waals surface area contributed by atoms with Gasteiger partial charge in [0.15, 0.2) is 5.13 Å². The number of thiazole rings is 1. The lowest BCUT2D eigenvalue weighted by Crippen LogP contribution is -2.32. The van der Waals surface area contributed by atoms with Gasteiger partial charge in [-0.15, -0.1) is 17.9 Å². The molecule has 31 heavy (non-hydrogen) atoms. The van der Waals surface area contributed by atoms with Crippen molar-refractivity contribution in [2.75, 3.05) is 11.4 Å². The number of carbonyl (C=O) groups excluding carboxylic acids is 1. The Hall–Kier alpha value is -2.81. The van der Waals surface area contributed by atoms with Gasteiger partial charge in [0.1, 0.15) is 0 Å². The monoisotopic (exact) mass is 455 g/mol. The molecule has 2 aromatic carbocycles. The molecule has 1 heterocycles. The summed E-state index contributed by atoms with van der Waals surface area (Å²) < 4.78 is 27.5. The normalized spacial score (nSPS) is 12.3. The standard InChI is InChI=1S/C23H25N3O3S2/c1-4-15-26(23-24-21(16-30-23)18-9-7-6-8-10-18)22(27)19-11-13-20(14-12-19)31(28,29)25-17(3)5-2/h4,6-14,16-17,25H,1,5,15H2,2-3H3. The fraction of sp³-hybridized carbons (Fsp3) is 0.217. The lowest BCUT2D eigenvalue weighted by atomic mass is 10.2. The highest BCUT2D eigenvalue weighted by Gasteiger charge is 2.22. The minimum atomic E-state index is -3.63. The van der Waals surface area contributed by atoms with Gasteiger partial charge >= 0.3 is 0 Å². The summed E-state index contributed by atoms with van der Waals surface area (Å²) in [7, 11) is -3.63. The van der Waals surface area contributed by atoms with E-state index in [1.807, 2.05) is 42.6 Å². The van der Waals surface area contributed by atoms with Crippen molar-refractivity contribution in [3.8, 4) is 11.3 Å². The second kappa shape index (κ2) is 10.00. The molecular formula is C23H25N3O3S2. The van der Waals surface area contributed by atoms with Crippen LogP contribution in [0.1, 0.15) is 30.6 Å². The van der Waals surface area contributed by atoms with Crippen LogP contribution in [0.5, 0.6) is 0 Å². The highest BCUT2D eigenvalue weighted by Crippen LogP contribution is 2.28. The molecule has 1 unspecified atom stereocenters. The van der Waals surface area contributed by atoms with E-state index in [4.69, 9.17) is 0 Å². The summed E-state index contributed by atoms with van der Waals surface area (Å²) in [5, 5.41) is 2.46. The molecule has 1 amide bonds. The van der Waals surface area contributed by atoms with E-state index in [1.54, 1.807) is 13.0 Å². The average molecular weight is 456 g/mol. The largest absolute Gasteiger partial charge is 0.280 e. The zero-order valence-electron chi connectivity index (χ0n) is 17.5. The van der Waals surface area contributed by atoms with Crippen LogP contribution in [0.3, 0.4) is 0 Å². The maximum absolute atomic E-state index is 13.1. The van der Waals surface area contributed by atoms with E-state index >= 15 is 0 Å². The van der Waals surface area contributed by atoms with Crippen LogP contribution < -0.4 is 9.62 Å². The smallest absolute Gasteiger partial charge is 0.260 e. The number of aromatic nitrogens is 1. The molecule has 0 bridgehead atoms. The predicted octanol–water partition coefficient (Wildman–Crippen LogP) is 4.72. The summed E-state index contributed by atoms with van der Waals surface area (Å²) in [4.78, 5) is 19.4. The van der Waals surface area contributed by atoms with Gasteiger partial charge in [0.2, 0.25) is 10.0 Å². The number of nitrogens with zero attached hydrogens (tertiary/aromatic N) is 2. The van der Waals surface area contributed by atoms with Crippen molar-refractivity contribution in [1.29, 1.82) is 0 Å². The van der Waals surface area contributed by atoms with Crippen LogP contribution in [0.25, 0.3) is 11.3 Å². The van der Waals surface area contributed by atoms with Gasteiger partial charge in [0.05, 0.1) is 10.6 Å². The van der Waals surface area contributed by atoms with Crippen LogP contribution in [0.2, 0.25) is 0 Å². The van der Waals surface area contributed by atoms with E-state index in [1.165, 1.54) is 40.5 Å². The van der Waals surface area contributed by atoms with Crippen LogP contribution in [0.4, 0.5) is 5.13 Å². The minimum absolute atomic E-state index is 0.125. The number of nitrogens with one attached hydrogen (secondary N) is 1. The molecule has 0 spiro atoms. The first-order chi connectivity index (χ1) is 14.9. The molecule has 0 aliphatic carbocycles. The van der Waals surface area contributed by atoms with Gasteiger partial charge in [-0.25, -0.2) is 18.1 Å². The number of anilines is 1. The van der Waals surface area contributed by atoms with E-state index in [9.17, 15) is 13.2 Å². The summed E-state index contributed by atoms with van der Waals surface area (Å²) in [5.41, 5.74) is 2.14. The molecule has 1 aromatic heterocycles. The Kier molecular flexibility index (Phi) is 7.37. The number of hydrogen-bond acceptors (Lipinski definition) is 5. The molecule has 6 nitrogen and oxygen atoms in total. The Morgan fingerprint density at radius 3 is 2.48 bits per heavy atom. The fourth-order valence-corrected chi connectivity index (χ4v) is 5.02. The zero-order chi connectivity index (χ0) is 22.4. The summed E-state index contributed by atoms with van der Waals surface area (Å²) in [6, 6.07) is 15.5. The first-order valence-corrected chi connectivity index (χ1v) is 12.3. The highest BCUT2D eigenvalue weighted by molar-refractivity contribution is 7.89. The molecule has 0 radical (unpaired) electrons. The molecule has 1 atom stereocenters. The number of benzene rings is 2. The summed E-state index contributed by atoms with van der Waals surface area (Å²) >= 11 is 1.37. The SMILES string of the molecule is C=CCN(C(=O)c1ccc(S(=O)(=O)NC(C)CC)cc1)c1nc(-c2ccccc2)cs1. The van der Waals surface area contributed by atoms with Gasteiger partial charge in [-0.1, -0.05) is 43.3 Å². The quantitative estimate of drug-likeness (QED) is 0.474. The summed E-state index contributed by atoms with van der Waals surface area (Å²) in [6.07, 6.45) is 2.32. The Bertz CT molecular complexity index is 1140. The predicted molar refractivity (Wildman–Crippen MR) is 126 cm³/mol. The number of carbonyl (C=O) groups is 1. The Labute approximate surface area is 187 Å². The van der Waals surface area contributed by atoms with Gasteiger partial charge < -0.3 is 0 Å². The maximum atomic E-state index is 13.1. The molecule has 0 fully saturated rings. The molecule has 8 heteroatoms. The van der Waals surface area contributed by atoms with Crippen LogP contribution in [0, 0.1) is 0 Å². The van der Waals surface area contributed by atoms with Crippen molar-refractivity contribution >= 4 is 32.4 Å². The molecule has 0 aliphatic heterocycles. The van der Waals surface area contributed by atoms with Crippen molar-refractivity contribution in [1.82, 2.24) is 9.71 Å². The van der Waals surface area contributed by atoms with E-state index in [2.05, 4.69) is 16.3 Å². The van der Waals surface area contributed by atoms with Crippen molar-refractivity contribution < 1.29 is 13.2 Å². The first kappa shape index (κ1) is 22.9. The Morgan fingerprint density at radius 2 is 1.87 bits per heavy atom. The average Bonchev–Trinajstić information content (AvgIpc) is 3.27. The van der Waals surface area contributed by atoms with Gasteiger partial charge in [0.25, 0.3) is 5.91 Å². The van der Waals surface area contributed by atoms with Crippen LogP contribution in [-0.4, -0.2) is 31.9 Å². The molecule has 162 valence electrons. The summed E-state index contributed by atoms with van der Waals surface area (Å²) in [6.45, 7) is 7.75. The molecule has 0 saturated heterocycles. The molecule has 1 N–H and O–H groups in total. The van der Waals surface area contributed by atoms with Gasteiger partial charge in [-0.05, 0) is 37.6 Å². The van der Waals surface area contributed by atoms with Crippen molar-refractivity contribution in [2.45, 2.75) is 31.2 Å². The van der Waals surface area contributed by atoms with Gasteiger partial charge in [-0.2, -0.15) is 0 Å². The number of hydrogen-bond donors (Lipinski definition) is 1. The Balaban J connectivity index is 1.84. The van der Waals surface area contributed by atoms with Gasteiger partial charge in [-0.3, -0.25) is 9.69 Å². The minimum Gasteiger partial charge on any atom is -0.280 e. The second-order valence-electron chi connectivity index (χ2n) is 7.04. The number of amides is 1. The summed E-state index contributed by atoms with van der Waals surface area (Å²) in [5.74, 6) is -0.271. The third-order valence-electron chi connectivity index (χ3n) is 4.73. The van der Waals surface area contributed by atoms with Crippen LogP contribution >= 0.6 is 11.3 Å². The lowest BCUT2D eigenvalue weighted by molar-refractivity contribution is 0.0989. The van der Waals surface area contributed by atoms with E-state index in [-0.39, 0.29) is 23.4 Å². The molecule has 3 rings (SSSR count). The van der Waals surface area contributed by atoms with Crippen molar-refractivity contribution in [2.24, 2.45) is 0 Å². The fourth-order valence-electron chi connectivity index (χ4n) is 2.86. The number of rotatable bonds is 9. The zero-order valence-corrected chi connectivity index (χ0v) is 19.1. The first-order valence-electron chi connectivity index (χ1n) is 9.91. The van der Waals surface area contributed by atoms with E-state index < -0.39 is 10.0 Å². The van der Waals surface area contributed by atoms with Crippen molar-refractivity contribution in [3.05, 3.63) is 78.2 Å². The van der Waals surface area contributed by atoms with Crippen LogP contribution in [-0.2, 0) is 10.0 Å². The van der Waals surface area contributed by atoms with E-state index in [0.717, 1.165) is 11.3 Å². The highest BCUT2D eigenvalue weighted by atomic mass is 32.2. The Morgan fingerprint density at radius 1 is 1.19 bits per heavy atom. The third kappa shape index (κ3) is 5.46. The van der Waals surface area contributed by atoms with Crippen LogP contribution in [0.15, 0.2) is 77.5 Å². The molecule has 3 aromatic rings. The maximum Gasteiger partial charge on any atom is 0.260 e. The van der Waals surface area contributed by atoms with E-state index in [0.29, 0.717) is 17.1 Å². The molecule has 0 saturated carbocycles. The molecule has 0 aliphatic rings. The lowest BCUT2D eigenvalue weighted by Gasteiger charge is -2.18. The second-order valence-corrected chi connectivity index (χ2v) is 9.59.